The van der Waals surface area contributed by atoms with Crippen molar-refractivity contribution in [1.29, 1.82) is 0 Å². The minimum absolute atomic E-state index is 0.311. The second-order valence-electron chi connectivity index (χ2n) is 4.06. The van der Waals surface area contributed by atoms with Crippen LogP contribution in [0.5, 0.6) is 0 Å². The summed E-state index contributed by atoms with van der Waals surface area (Å²) in [6.07, 6.45) is 1.36. The summed E-state index contributed by atoms with van der Waals surface area (Å²) in [5.74, 6) is -1.43. The number of aryl methyl sites for hydroxylation is 1. The molecule has 0 radical (unpaired) electrons. The number of carbonyl (C=O) groups excluding carboxylic acids is 1. The molecule has 1 N–H and O–H groups in total. The molecule has 0 aromatic carbocycles. The Balaban J connectivity index is 2.34. The molecular formula is C12H13N3O4. The van der Waals surface area contributed by atoms with Crippen molar-refractivity contribution in [1.82, 2.24) is 15.0 Å². The molecular weight excluding hydrogens is 250 g/mol. The Hall–Kier alpha value is -2.44. The van der Waals surface area contributed by atoms with Gasteiger partial charge in [-0.25, -0.2) is 4.98 Å². The van der Waals surface area contributed by atoms with E-state index in [1.807, 2.05) is 0 Å². The number of nitrogens with zero attached hydrogens (tertiary/aromatic N) is 3. The summed E-state index contributed by atoms with van der Waals surface area (Å²) in [6, 6.07) is 1.61. The molecule has 2 rings (SSSR count). The molecule has 19 heavy (non-hydrogen) atoms. The first-order valence-electron chi connectivity index (χ1n) is 5.76. The Morgan fingerprint density at radius 2 is 2.21 bits per heavy atom. The third-order valence-electron chi connectivity index (χ3n) is 2.75. The first kappa shape index (κ1) is 13.0. The molecule has 1 amide bonds. The van der Waals surface area contributed by atoms with Crippen LogP contribution in [0.25, 0.3) is 11.1 Å². The lowest BCUT2D eigenvalue weighted by Crippen LogP contribution is -2.35. The minimum Gasteiger partial charge on any atom is -0.480 e. The molecule has 0 spiro atoms. The standard InChI is InChI=1S/C12H13N3O4/c1-3-15(6-10(16)17)12(18)8-4-9-7(2)14-19-11(9)13-5-8/h4-5H,3,6H2,1-2H3,(H,16,17). The van der Waals surface area contributed by atoms with Crippen molar-refractivity contribution in [3.63, 3.8) is 0 Å². The SMILES string of the molecule is CCN(CC(=O)O)C(=O)c1cnc2onc(C)c2c1. The molecule has 0 atom stereocenters. The predicted octanol–water partition coefficient (Wildman–Crippen LogP) is 1.08. The van der Waals surface area contributed by atoms with Crippen LogP contribution in [-0.2, 0) is 4.79 Å². The highest BCUT2D eigenvalue weighted by Gasteiger charge is 2.18. The largest absolute Gasteiger partial charge is 0.480 e. The van der Waals surface area contributed by atoms with E-state index in [1.165, 1.54) is 11.1 Å². The average molecular weight is 263 g/mol. The molecule has 0 saturated heterocycles. The number of carboxylic acids is 1. The number of carboxylic acid groups (broad SMARTS) is 1. The zero-order valence-electron chi connectivity index (χ0n) is 10.6. The van der Waals surface area contributed by atoms with Gasteiger partial charge in [0.05, 0.1) is 16.6 Å². The molecule has 0 aliphatic rings. The monoisotopic (exact) mass is 263 g/mol. The van der Waals surface area contributed by atoms with Gasteiger partial charge in [-0.05, 0) is 19.9 Å². The van der Waals surface area contributed by atoms with Gasteiger partial charge in [-0.3, -0.25) is 9.59 Å². The number of aromatic nitrogens is 2. The predicted molar refractivity (Wildman–Crippen MR) is 65.8 cm³/mol. The minimum atomic E-state index is -1.05. The molecule has 0 unspecified atom stereocenters. The number of likely N-dealkylation sites (N-methyl/N-ethyl adjacent to an activating group) is 1. The summed E-state index contributed by atoms with van der Waals surface area (Å²) in [7, 11) is 0. The number of pyridine rings is 1. The molecule has 100 valence electrons. The van der Waals surface area contributed by atoms with E-state index < -0.39 is 5.97 Å². The Morgan fingerprint density at radius 1 is 1.47 bits per heavy atom. The second kappa shape index (κ2) is 5.05. The lowest BCUT2D eigenvalue weighted by Gasteiger charge is -2.18. The number of hydrogen-bond donors (Lipinski definition) is 1. The van der Waals surface area contributed by atoms with Gasteiger partial charge in [0.2, 0.25) is 0 Å². The molecule has 0 bridgehead atoms. The Bertz CT molecular complexity index is 635. The van der Waals surface area contributed by atoms with Gasteiger partial charge in [-0.15, -0.1) is 0 Å². The Labute approximate surface area is 108 Å². The maximum Gasteiger partial charge on any atom is 0.323 e. The summed E-state index contributed by atoms with van der Waals surface area (Å²) in [5.41, 5.74) is 1.32. The molecule has 2 aromatic rings. The number of carbonyl (C=O) groups is 2. The normalized spacial score (nSPS) is 10.6. The van der Waals surface area contributed by atoms with Gasteiger partial charge in [-0.1, -0.05) is 5.16 Å². The Morgan fingerprint density at radius 3 is 2.84 bits per heavy atom. The zero-order chi connectivity index (χ0) is 14.0. The van der Waals surface area contributed by atoms with Gasteiger partial charge in [0.25, 0.3) is 11.6 Å². The summed E-state index contributed by atoms with van der Waals surface area (Å²) < 4.78 is 4.95. The molecule has 2 aromatic heterocycles. The molecule has 0 fully saturated rings. The van der Waals surface area contributed by atoms with Gasteiger partial charge in [-0.2, -0.15) is 0 Å². The maximum atomic E-state index is 12.2. The van der Waals surface area contributed by atoms with E-state index in [2.05, 4.69) is 10.1 Å². The van der Waals surface area contributed by atoms with Crippen LogP contribution in [0.4, 0.5) is 0 Å². The van der Waals surface area contributed by atoms with Gasteiger partial charge >= 0.3 is 5.97 Å². The number of fused-ring (bicyclic) bond motifs is 1. The van der Waals surface area contributed by atoms with E-state index in [-0.39, 0.29) is 12.5 Å². The van der Waals surface area contributed by atoms with Crippen LogP contribution in [0.3, 0.4) is 0 Å². The van der Waals surface area contributed by atoms with Gasteiger partial charge < -0.3 is 14.5 Å². The number of aliphatic carboxylic acids is 1. The van der Waals surface area contributed by atoms with Crippen LogP contribution in [0.15, 0.2) is 16.8 Å². The molecule has 0 aliphatic heterocycles. The number of rotatable bonds is 4. The molecule has 0 saturated carbocycles. The van der Waals surface area contributed by atoms with Crippen LogP contribution in [0.2, 0.25) is 0 Å². The quantitative estimate of drug-likeness (QED) is 0.886. The van der Waals surface area contributed by atoms with Crippen LogP contribution < -0.4 is 0 Å². The van der Waals surface area contributed by atoms with Gasteiger partial charge in [0.15, 0.2) is 0 Å². The van der Waals surface area contributed by atoms with Crippen LogP contribution in [0, 0.1) is 6.92 Å². The topological polar surface area (TPSA) is 96.5 Å². The lowest BCUT2D eigenvalue weighted by molar-refractivity contribution is -0.137. The third kappa shape index (κ3) is 2.54. The van der Waals surface area contributed by atoms with Crippen LogP contribution in [-0.4, -0.2) is 45.1 Å². The zero-order valence-corrected chi connectivity index (χ0v) is 10.6. The maximum absolute atomic E-state index is 12.2. The summed E-state index contributed by atoms with van der Waals surface area (Å²) in [5, 5.41) is 13.2. The first-order valence-corrected chi connectivity index (χ1v) is 5.76. The Kier molecular flexibility index (Phi) is 3.46. The van der Waals surface area contributed by atoms with E-state index in [0.29, 0.717) is 28.9 Å². The average Bonchev–Trinajstić information content (AvgIpc) is 2.76. The molecule has 7 heteroatoms. The van der Waals surface area contributed by atoms with Crippen molar-refractivity contribution < 1.29 is 19.2 Å². The molecule has 0 aliphatic carbocycles. The van der Waals surface area contributed by atoms with Crippen molar-refractivity contribution in [3.05, 3.63) is 23.5 Å². The summed E-state index contributed by atoms with van der Waals surface area (Å²) >= 11 is 0. The fraction of sp³-hybridized carbons (Fsp3) is 0.333. The van der Waals surface area contributed by atoms with Crippen molar-refractivity contribution in [2.75, 3.05) is 13.1 Å². The smallest absolute Gasteiger partial charge is 0.323 e. The van der Waals surface area contributed by atoms with Gasteiger partial charge in [0.1, 0.15) is 6.54 Å². The number of amides is 1. The summed E-state index contributed by atoms with van der Waals surface area (Å²) in [4.78, 5) is 28.1. The highest BCUT2D eigenvalue weighted by molar-refractivity contribution is 5.98. The number of hydrogen-bond acceptors (Lipinski definition) is 5. The van der Waals surface area contributed by atoms with Gasteiger partial charge in [0, 0.05) is 12.7 Å². The fourth-order valence-electron chi connectivity index (χ4n) is 1.74. The second-order valence-corrected chi connectivity index (χ2v) is 4.06. The van der Waals surface area contributed by atoms with Crippen LogP contribution >= 0.6 is 0 Å². The van der Waals surface area contributed by atoms with E-state index in [9.17, 15) is 9.59 Å². The highest BCUT2D eigenvalue weighted by Crippen LogP contribution is 2.17. The first-order chi connectivity index (χ1) is 9.02. The van der Waals surface area contributed by atoms with Crippen molar-refractivity contribution in [2.24, 2.45) is 0 Å². The fourth-order valence-corrected chi connectivity index (χ4v) is 1.74. The van der Waals surface area contributed by atoms with Crippen molar-refractivity contribution >= 4 is 23.0 Å². The van der Waals surface area contributed by atoms with E-state index in [0.717, 1.165) is 0 Å². The van der Waals surface area contributed by atoms with Crippen molar-refractivity contribution in [3.8, 4) is 0 Å². The summed E-state index contributed by atoms with van der Waals surface area (Å²) in [6.45, 7) is 3.44. The third-order valence-corrected chi connectivity index (χ3v) is 2.75. The molecule has 7 nitrogen and oxygen atoms in total. The molecule has 2 heterocycles. The van der Waals surface area contributed by atoms with Crippen LogP contribution in [0.1, 0.15) is 23.0 Å². The van der Waals surface area contributed by atoms with E-state index in [1.54, 1.807) is 19.9 Å². The van der Waals surface area contributed by atoms with E-state index in [4.69, 9.17) is 9.63 Å². The highest BCUT2D eigenvalue weighted by atomic mass is 16.5. The van der Waals surface area contributed by atoms with Crippen molar-refractivity contribution in [2.45, 2.75) is 13.8 Å². The van der Waals surface area contributed by atoms with E-state index >= 15 is 0 Å². The lowest BCUT2D eigenvalue weighted by atomic mass is 10.2.